The summed E-state index contributed by atoms with van der Waals surface area (Å²) < 4.78 is 0. The Hall–Kier alpha value is -1.46. The number of hydrogen-bond donors (Lipinski definition) is 2. The first kappa shape index (κ1) is 14.5. The number of rotatable bonds is 5. The predicted molar refractivity (Wildman–Crippen MR) is 89.7 cm³/mol. The summed E-state index contributed by atoms with van der Waals surface area (Å²) in [5, 5.41) is 3.48. The number of thioether (sulfide) groups is 1. The third kappa shape index (κ3) is 4.02. The van der Waals surface area contributed by atoms with Crippen LogP contribution in [0.3, 0.4) is 0 Å². The van der Waals surface area contributed by atoms with E-state index in [0.717, 1.165) is 18.9 Å². The zero-order chi connectivity index (χ0) is 14.5. The van der Waals surface area contributed by atoms with Gasteiger partial charge in [0, 0.05) is 49.2 Å². The lowest BCUT2D eigenvalue weighted by Crippen LogP contribution is -2.31. The average molecular weight is 302 g/mol. The van der Waals surface area contributed by atoms with Crippen LogP contribution in [0, 0.1) is 6.92 Å². The molecule has 1 aromatic carbocycles. The molecule has 0 aliphatic carbocycles. The minimum atomic E-state index is 0.734. The zero-order valence-electron chi connectivity index (χ0n) is 12.4. The quantitative estimate of drug-likeness (QED) is 0.891. The lowest BCUT2D eigenvalue weighted by atomic mass is 10.1. The van der Waals surface area contributed by atoms with E-state index in [1.165, 1.54) is 41.4 Å². The van der Waals surface area contributed by atoms with Crippen LogP contribution >= 0.6 is 11.8 Å². The van der Waals surface area contributed by atoms with Gasteiger partial charge in [0.15, 0.2) is 0 Å². The lowest BCUT2D eigenvalue weighted by Gasteiger charge is -2.26. The molecule has 2 heterocycles. The molecule has 21 heavy (non-hydrogen) atoms. The summed E-state index contributed by atoms with van der Waals surface area (Å²) in [6.07, 6.45) is 3.64. The molecule has 0 unspecified atom stereocenters. The number of anilines is 1. The van der Waals surface area contributed by atoms with E-state index in [1.807, 2.05) is 6.20 Å². The highest BCUT2D eigenvalue weighted by Crippen LogP contribution is 2.20. The van der Waals surface area contributed by atoms with Gasteiger partial charge in [-0.2, -0.15) is 11.8 Å². The van der Waals surface area contributed by atoms with Crippen molar-refractivity contribution in [2.45, 2.75) is 20.0 Å². The number of aryl methyl sites for hydroxylation is 1. The Balaban J connectivity index is 1.64. The number of hydrogen-bond acceptors (Lipinski definition) is 4. The molecule has 112 valence electrons. The molecule has 4 nitrogen and oxygen atoms in total. The van der Waals surface area contributed by atoms with Crippen LogP contribution in [0.2, 0.25) is 0 Å². The fraction of sp³-hybridized carbons (Fsp3) is 0.438. The molecule has 2 N–H and O–H groups in total. The Kier molecular flexibility index (Phi) is 4.83. The Bertz CT molecular complexity index is 562. The van der Waals surface area contributed by atoms with Gasteiger partial charge in [0.25, 0.3) is 0 Å². The third-order valence-corrected chi connectivity index (χ3v) is 4.76. The molecule has 1 aromatic heterocycles. The van der Waals surface area contributed by atoms with E-state index in [1.54, 1.807) is 6.20 Å². The van der Waals surface area contributed by atoms with E-state index in [-0.39, 0.29) is 0 Å². The summed E-state index contributed by atoms with van der Waals surface area (Å²) in [5.41, 5.74) is 3.87. The Morgan fingerprint density at radius 2 is 2.19 bits per heavy atom. The minimum absolute atomic E-state index is 0.734. The third-order valence-electron chi connectivity index (χ3n) is 3.81. The fourth-order valence-corrected chi connectivity index (χ4v) is 3.53. The second-order valence-corrected chi connectivity index (χ2v) is 6.65. The molecule has 0 bridgehead atoms. The van der Waals surface area contributed by atoms with Gasteiger partial charge < -0.3 is 10.3 Å². The van der Waals surface area contributed by atoms with Crippen molar-refractivity contribution in [3.05, 3.63) is 47.5 Å². The standard InChI is InChI=1S/C16H22N4S/c1-13-2-3-14(12-20-6-8-21-9-7-20)10-15(13)19-11-16-17-4-5-18-16/h2-5,10,19H,6-9,11-12H2,1H3,(H,17,18). The Labute approximate surface area is 130 Å². The number of imidazole rings is 1. The molecule has 3 rings (SSSR count). The Morgan fingerprint density at radius 1 is 1.33 bits per heavy atom. The number of aromatic nitrogens is 2. The molecule has 0 saturated carbocycles. The maximum absolute atomic E-state index is 4.25. The largest absolute Gasteiger partial charge is 0.378 e. The van der Waals surface area contributed by atoms with E-state index in [4.69, 9.17) is 0 Å². The van der Waals surface area contributed by atoms with Crippen molar-refractivity contribution < 1.29 is 0 Å². The average Bonchev–Trinajstić information content (AvgIpc) is 3.02. The number of benzene rings is 1. The van der Waals surface area contributed by atoms with Crippen LogP contribution in [0.25, 0.3) is 0 Å². The van der Waals surface area contributed by atoms with Crippen LogP contribution in [0.5, 0.6) is 0 Å². The Morgan fingerprint density at radius 3 is 2.95 bits per heavy atom. The highest BCUT2D eigenvalue weighted by Gasteiger charge is 2.11. The van der Waals surface area contributed by atoms with Crippen LogP contribution in [-0.4, -0.2) is 39.5 Å². The van der Waals surface area contributed by atoms with E-state index in [0.29, 0.717) is 0 Å². The van der Waals surface area contributed by atoms with Crippen LogP contribution < -0.4 is 5.32 Å². The van der Waals surface area contributed by atoms with E-state index in [9.17, 15) is 0 Å². The molecule has 0 spiro atoms. The lowest BCUT2D eigenvalue weighted by molar-refractivity contribution is 0.294. The molecular formula is C16H22N4S. The van der Waals surface area contributed by atoms with Gasteiger partial charge in [-0.1, -0.05) is 12.1 Å². The van der Waals surface area contributed by atoms with Crippen LogP contribution in [0.4, 0.5) is 5.69 Å². The van der Waals surface area contributed by atoms with Crippen molar-refractivity contribution in [2.24, 2.45) is 0 Å². The highest BCUT2D eigenvalue weighted by molar-refractivity contribution is 7.99. The van der Waals surface area contributed by atoms with Crippen molar-refractivity contribution >= 4 is 17.4 Å². The molecule has 1 aliphatic heterocycles. The zero-order valence-corrected chi connectivity index (χ0v) is 13.2. The normalized spacial score (nSPS) is 16.0. The molecule has 1 fully saturated rings. The van der Waals surface area contributed by atoms with Crippen molar-refractivity contribution in [3.8, 4) is 0 Å². The van der Waals surface area contributed by atoms with Gasteiger partial charge in [-0.3, -0.25) is 4.90 Å². The van der Waals surface area contributed by atoms with Gasteiger partial charge >= 0.3 is 0 Å². The van der Waals surface area contributed by atoms with E-state index < -0.39 is 0 Å². The number of nitrogens with one attached hydrogen (secondary N) is 2. The fourth-order valence-electron chi connectivity index (χ4n) is 2.55. The SMILES string of the molecule is Cc1ccc(CN2CCSCC2)cc1NCc1ncc[nH]1. The number of nitrogens with zero attached hydrogens (tertiary/aromatic N) is 2. The molecule has 2 aromatic rings. The summed E-state index contributed by atoms with van der Waals surface area (Å²) >= 11 is 2.06. The molecule has 1 aliphatic rings. The van der Waals surface area contributed by atoms with E-state index in [2.05, 4.69) is 57.1 Å². The van der Waals surface area contributed by atoms with Crippen molar-refractivity contribution in [3.63, 3.8) is 0 Å². The van der Waals surface area contributed by atoms with Gasteiger partial charge in [-0.05, 0) is 24.1 Å². The second-order valence-electron chi connectivity index (χ2n) is 5.43. The van der Waals surface area contributed by atoms with Gasteiger partial charge in [-0.15, -0.1) is 0 Å². The minimum Gasteiger partial charge on any atom is -0.378 e. The maximum Gasteiger partial charge on any atom is 0.125 e. The number of H-pyrrole nitrogens is 1. The smallest absolute Gasteiger partial charge is 0.125 e. The second kappa shape index (κ2) is 7.00. The van der Waals surface area contributed by atoms with Gasteiger partial charge in [-0.25, -0.2) is 4.98 Å². The maximum atomic E-state index is 4.25. The van der Waals surface area contributed by atoms with Crippen molar-refractivity contribution in [1.82, 2.24) is 14.9 Å². The van der Waals surface area contributed by atoms with Gasteiger partial charge in [0.2, 0.25) is 0 Å². The van der Waals surface area contributed by atoms with Gasteiger partial charge in [0.05, 0.1) is 6.54 Å². The number of aromatic amines is 1. The summed E-state index contributed by atoms with van der Waals surface area (Å²) in [6, 6.07) is 6.73. The molecular weight excluding hydrogens is 280 g/mol. The predicted octanol–water partition coefficient (Wildman–Crippen LogP) is 2.88. The first-order valence-corrected chi connectivity index (χ1v) is 8.58. The topological polar surface area (TPSA) is 44.0 Å². The molecule has 5 heteroatoms. The first-order valence-electron chi connectivity index (χ1n) is 7.43. The van der Waals surface area contributed by atoms with Crippen LogP contribution in [0.1, 0.15) is 17.0 Å². The van der Waals surface area contributed by atoms with Crippen molar-refractivity contribution in [1.29, 1.82) is 0 Å². The molecule has 0 amide bonds. The summed E-state index contributed by atoms with van der Waals surface area (Å²) in [6.45, 7) is 6.33. The highest BCUT2D eigenvalue weighted by atomic mass is 32.2. The van der Waals surface area contributed by atoms with Crippen LogP contribution in [-0.2, 0) is 13.1 Å². The molecule has 1 saturated heterocycles. The summed E-state index contributed by atoms with van der Waals surface area (Å²) in [5.74, 6) is 3.48. The van der Waals surface area contributed by atoms with E-state index >= 15 is 0 Å². The summed E-state index contributed by atoms with van der Waals surface area (Å²) in [7, 11) is 0. The molecule has 0 radical (unpaired) electrons. The first-order chi connectivity index (χ1) is 10.3. The monoisotopic (exact) mass is 302 g/mol. The van der Waals surface area contributed by atoms with Crippen molar-refractivity contribution in [2.75, 3.05) is 29.9 Å². The van der Waals surface area contributed by atoms with Crippen LogP contribution in [0.15, 0.2) is 30.6 Å². The molecule has 0 atom stereocenters. The van der Waals surface area contributed by atoms with Gasteiger partial charge in [0.1, 0.15) is 5.82 Å². The summed E-state index contributed by atoms with van der Waals surface area (Å²) in [4.78, 5) is 9.91.